The number of aromatic nitrogens is 1. The van der Waals surface area contributed by atoms with Crippen LogP contribution in [0.25, 0.3) is 0 Å². The lowest BCUT2D eigenvalue weighted by Gasteiger charge is -2.37. The van der Waals surface area contributed by atoms with Gasteiger partial charge in [-0.2, -0.15) is 0 Å². The average Bonchev–Trinajstić information content (AvgIpc) is 2.79. The molecule has 3 rings (SSSR count). The van der Waals surface area contributed by atoms with Gasteiger partial charge in [-0.25, -0.2) is 4.39 Å². The van der Waals surface area contributed by atoms with Gasteiger partial charge in [0.15, 0.2) is 0 Å². The van der Waals surface area contributed by atoms with E-state index in [-0.39, 0.29) is 5.41 Å². The van der Waals surface area contributed by atoms with Crippen molar-refractivity contribution in [1.82, 2.24) is 15.2 Å². The molecule has 1 spiro atoms. The molecule has 1 aromatic heterocycles. The Balaban J connectivity index is 1.64. The molecule has 0 unspecified atom stereocenters. The molecule has 3 nitrogen and oxygen atoms in total. The maximum Gasteiger partial charge on any atom is 0.109 e. The third-order valence-corrected chi connectivity index (χ3v) is 4.34. The van der Waals surface area contributed by atoms with E-state index >= 15 is 0 Å². The normalized spacial score (nSPS) is 33.1. The fourth-order valence-corrected chi connectivity index (χ4v) is 3.25. The van der Waals surface area contributed by atoms with E-state index in [4.69, 9.17) is 0 Å². The molecule has 2 saturated heterocycles. The first-order valence-electron chi connectivity index (χ1n) is 6.75. The number of hydrogen-bond donors (Lipinski definition) is 1. The van der Waals surface area contributed by atoms with Crippen LogP contribution in [0.1, 0.15) is 18.4 Å². The molecular formula is C14H20FN3. The lowest BCUT2D eigenvalue weighted by molar-refractivity contribution is 0.0748. The predicted molar refractivity (Wildman–Crippen MR) is 68.9 cm³/mol. The van der Waals surface area contributed by atoms with Crippen molar-refractivity contribution in [2.24, 2.45) is 5.41 Å². The molecule has 0 radical (unpaired) electrons. The fourth-order valence-electron chi connectivity index (χ4n) is 3.25. The second-order valence-electron chi connectivity index (χ2n) is 5.61. The molecule has 2 fully saturated rings. The number of pyridine rings is 1. The molecule has 0 saturated carbocycles. The third kappa shape index (κ3) is 2.27. The largest absolute Gasteiger partial charge is 0.316 e. The first-order valence-corrected chi connectivity index (χ1v) is 6.75. The lowest BCUT2D eigenvalue weighted by atomic mass is 9.78. The van der Waals surface area contributed by atoms with Crippen molar-refractivity contribution in [2.45, 2.75) is 25.6 Å². The van der Waals surface area contributed by atoms with Crippen molar-refractivity contribution in [2.75, 3.05) is 26.2 Å². The minimum Gasteiger partial charge on any atom is -0.316 e. The van der Waals surface area contributed by atoms with Gasteiger partial charge in [0.1, 0.15) is 6.17 Å². The first-order chi connectivity index (χ1) is 8.78. The van der Waals surface area contributed by atoms with Crippen molar-refractivity contribution in [3.8, 4) is 0 Å². The standard InChI is InChI=1S/C14H20FN3/c15-13-3-7-17-10-14(13)4-8-18(11-14)9-12-1-5-16-6-2-12/h1-2,5-6,13,17H,3-4,7-11H2/t13-,14+/m0/s1. The molecule has 3 heterocycles. The van der Waals surface area contributed by atoms with Gasteiger partial charge >= 0.3 is 0 Å². The molecule has 98 valence electrons. The summed E-state index contributed by atoms with van der Waals surface area (Å²) in [5.74, 6) is 0. The summed E-state index contributed by atoms with van der Waals surface area (Å²) in [4.78, 5) is 6.40. The van der Waals surface area contributed by atoms with Crippen molar-refractivity contribution in [3.05, 3.63) is 30.1 Å². The number of piperidine rings is 1. The highest BCUT2D eigenvalue weighted by Gasteiger charge is 2.46. The number of likely N-dealkylation sites (tertiary alicyclic amines) is 1. The molecular weight excluding hydrogens is 229 g/mol. The van der Waals surface area contributed by atoms with E-state index in [9.17, 15) is 4.39 Å². The van der Waals surface area contributed by atoms with Crippen LogP contribution in [-0.4, -0.2) is 42.2 Å². The summed E-state index contributed by atoms with van der Waals surface area (Å²) in [5.41, 5.74) is 1.13. The number of hydrogen-bond acceptors (Lipinski definition) is 3. The Morgan fingerprint density at radius 2 is 2.28 bits per heavy atom. The monoisotopic (exact) mass is 249 g/mol. The van der Waals surface area contributed by atoms with Gasteiger partial charge < -0.3 is 5.32 Å². The third-order valence-electron chi connectivity index (χ3n) is 4.34. The molecule has 0 aromatic carbocycles. The summed E-state index contributed by atoms with van der Waals surface area (Å²) in [7, 11) is 0. The highest BCUT2D eigenvalue weighted by Crippen LogP contribution is 2.38. The number of halogens is 1. The van der Waals surface area contributed by atoms with Gasteiger partial charge in [-0.05, 0) is 43.6 Å². The summed E-state index contributed by atoms with van der Waals surface area (Å²) in [5, 5.41) is 3.36. The van der Waals surface area contributed by atoms with Crippen LogP contribution in [0.3, 0.4) is 0 Å². The smallest absolute Gasteiger partial charge is 0.109 e. The SMILES string of the molecule is F[C@H]1CCNC[C@@]12CCN(Cc1ccncc1)C2. The number of alkyl halides is 1. The summed E-state index contributed by atoms with van der Waals surface area (Å²) < 4.78 is 14.2. The molecule has 1 N–H and O–H groups in total. The van der Waals surface area contributed by atoms with Crippen LogP contribution >= 0.6 is 0 Å². The topological polar surface area (TPSA) is 28.2 Å². The minimum absolute atomic E-state index is 0.134. The Hall–Kier alpha value is -1.00. The number of rotatable bonds is 2. The lowest BCUT2D eigenvalue weighted by Crippen LogP contribution is -2.49. The average molecular weight is 249 g/mol. The van der Waals surface area contributed by atoms with E-state index in [0.717, 1.165) is 39.1 Å². The van der Waals surface area contributed by atoms with Gasteiger partial charge in [-0.15, -0.1) is 0 Å². The van der Waals surface area contributed by atoms with Gasteiger partial charge in [-0.1, -0.05) is 0 Å². The van der Waals surface area contributed by atoms with Crippen LogP contribution in [0.4, 0.5) is 4.39 Å². The Bertz CT molecular complexity index is 397. The molecule has 2 aliphatic rings. The van der Waals surface area contributed by atoms with Gasteiger partial charge in [0.25, 0.3) is 0 Å². The second kappa shape index (κ2) is 4.94. The zero-order valence-corrected chi connectivity index (χ0v) is 10.6. The molecule has 2 atom stereocenters. The number of nitrogens with one attached hydrogen (secondary N) is 1. The van der Waals surface area contributed by atoms with Gasteiger partial charge in [0.2, 0.25) is 0 Å². The van der Waals surface area contributed by atoms with Crippen molar-refractivity contribution in [1.29, 1.82) is 0 Å². The Morgan fingerprint density at radius 1 is 1.44 bits per heavy atom. The fraction of sp³-hybridized carbons (Fsp3) is 0.643. The molecule has 0 amide bonds. The summed E-state index contributed by atoms with van der Waals surface area (Å²) in [6, 6.07) is 4.08. The van der Waals surface area contributed by atoms with Crippen LogP contribution < -0.4 is 5.32 Å². The van der Waals surface area contributed by atoms with E-state index < -0.39 is 6.17 Å². The Kier molecular flexibility index (Phi) is 3.31. The highest BCUT2D eigenvalue weighted by molar-refractivity contribution is 5.10. The number of nitrogens with zero attached hydrogens (tertiary/aromatic N) is 2. The zero-order chi connectivity index (χ0) is 12.4. The molecule has 2 aliphatic heterocycles. The van der Waals surface area contributed by atoms with E-state index in [1.54, 1.807) is 0 Å². The molecule has 1 aromatic rings. The van der Waals surface area contributed by atoms with E-state index in [1.807, 2.05) is 24.5 Å². The van der Waals surface area contributed by atoms with Gasteiger partial charge in [0.05, 0.1) is 0 Å². The molecule has 4 heteroatoms. The summed E-state index contributed by atoms with van der Waals surface area (Å²) in [6.45, 7) is 4.46. The predicted octanol–water partition coefficient (Wildman–Crippen LogP) is 1.61. The quantitative estimate of drug-likeness (QED) is 0.863. The van der Waals surface area contributed by atoms with Crippen LogP contribution in [0, 0.1) is 5.41 Å². The summed E-state index contributed by atoms with van der Waals surface area (Å²) >= 11 is 0. The molecule has 18 heavy (non-hydrogen) atoms. The first kappa shape index (κ1) is 12.1. The second-order valence-corrected chi connectivity index (χ2v) is 5.61. The van der Waals surface area contributed by atoms with Crippen LogP contribution in [0.2, 0.25) is 0 Å². The van der Waals surface area contributed by atoms with Crippen molar-refractivity contribution < 1.29 is 4.39 Å². The van der Waals surface area contributed by atoms with Gasteiger partial charge in [0, 0.05) is 37.4 Å². The van der Waals surface area contributed by atoms with Crippen LogP contribution in [0.15, 0.2) is 24.5 Å². The Morgan fingerprint density at radius 3 is 3.06 bits per heavy atom. The molecule has 0 bridgehead atoms. The zero-order valence-electron chi connectivity index (χ0n) is 10.6. The van der Waals surface area contributed by atoms with Crippen molar-refractivity contribution in [3.63, 3.8) is 0 Å². The van der Waals surface area contributed by atoms with Crippen LogP contribution in [-0.2, 0) is 6.54 Å². The highest BCUT2D eigenvalue weighted by atomic mass is 19.1. The van der Waals surface area contributed by atoms with E-state index in [0.29, 0.717) is 6.42 Å². The van der Waals surface area contributed by atoms with E-state index in [1.165, 1.54) is 5.56 Å². The summed E-state index contributed by atoms with van der Waals surface area (Å²) in [6.07, 6.45) is 4.65. The Labute approximate surface area is 107 Å². The van der Waals surface area contributed by atoms with Crippen molar-refractivity contribution >= 4 is 0 Å². The van der Waals surface area contributed by atoms with E-state index in [2.05, 4.69) is 15.2 Å². The maximum absolute atomic E-state index is 14.2. The molecule has 0 aliphatic carbocycles. The minimum atomic E-state index is -0.638. The van der Waals surface area contributed by atoms with Crippen LogP contribution in [0.5, 0.6) is 0 Å². The van der Waals surface area contributed by atoms with Gasteiger partial charge in [-0.3, -0.25) is 9.88 Å². The maximum atomic E-state index is 14.2.